The Morgan fingerprint density at radius 3 is 2.43 bits per heavy atom. The molecule has 0 saturated carbocycles. The van der Waals surface area contributed by atoms with Crippen molar-refractivity contribution in [3.63, 3.8) is 0 Å². The summed E-state index contributed by atoms with van der Waals surface area (Å²) in [4.78, 5) is 39.4. The topological polar surface area (TPSA) is 125 Å². The van der Waals surface area contributed by atoms with E-state index in [1.54, 1.807) is 17.0 Å². The van der Waals surface area contributed by atoms with E-state index >= 15 is 0 Å². The molecule has 0 radical (unpaired) electrons. The summed E-state index contributed by atoms with van der Waals surface area (Å²) < 4.78 is 32.6. The van der Waals surface area contributed by atoms with Crippen LogP contribution < -0.4 is 10.6 Å². The SMILES string of the molecule is Cc1ccc(S(=O)(=O)N2C=CNC(=O)[C@H]2CC(=O)NC2(C)CCN(C(=O)OCC(C)C)CC2)cc1. The first-order chi connectivity index (χ1) is 16.4. The summed E-state index contributed by atoms with van der Waals surface area (Å²) in [6.45, 7) is 8.85. The molecule has 2 heterocycles. The lowest BCUT2D eigenvalue weighted by atomic mass is 9.89. The maximum Gasteiger partial charge on any atom is 0.409 e. The molecule has 1 fully saturated rings. The Hall–Kier alpha value is -3.08. The number of nitrogens with zero attached hydrogens (tertiary/aromatic N) is 2. The van der Waals surface area contributed by atoms with Crippen molar-refractivity contribution in [1.82, 2.24) is 19.8 Å². The van der Waals surface area contributed by atoms with Gasteiger partial charge in [-0.05, 0) is 44.7 Å². The summed E-state index contributed by atoms with van der Waals surface area (Å²) in [6, 6.07) is 5.08. The largest absolute Gasteiger partial charge is 0.449 e. The number of aryl methyl sites for hydroxylation is 1. The van der Waals surface area contributed by atoms with Gasteiger partial charge in [0, 0.05) is 31.0 Å². The molecule has 1 atom stereocenters. The zero-order chi connectivity index (χ0) is 25.8. The van der Waals surface area contributed by atoms with Gasteiger partial charge in [0.05, 0.1) is 17.9 Å². The molecule has 2 aliphatic rings. The van der Waals surface area contributed by atoms with E-state index in [9.17, 15) is 22.8 Å². The van der Waals surface area contributed by atoms with E-state index in [0.29, 0.717) is 32.5 Å². The highest BCUT2D eigenvalue weighted by atomic mass is 32.2. The average Bonchev–Trinajstić information content (AvgIpc) is 2.79. The molecular weight excluding hydrogens is 472 g/mol. The third kappa shape index (κ3) is 6.53. The van der Waals surface area contributed by atoms with Gasteiger partial charge in [-0.2, -0.15) is 0 Å². The third-order valence-corrected chi connectivity index (χ3v) is 7.94. The zero-order valence-corrected chi connectivity index (χ0v) is 21.4. The van der Waals surface area contributed by atoms with E-state index < -0.39 is 33.4 Å². The van der Waals surface area contributed by atoms with E-state index in [1.165, 1.54) is 24.5 Å². The Kier molecular flexibility index (Phi) is 8.09. The lowest BCUT2D eigenvalue weighted by molar-refractivity contribution is -0.130. The van der Waals surface area contributed by atoms with Gasteiger partial charge in [-0.15, -0.1) is 0 Å². The molecule has 1 aromatic rings. The number of benzene rings is 1. The molecular formula is C24H34N4O6S. The zero-order valence-electron chi connectivity index (χ0n) is 20.6. The molecule has 1 saturated heterocycles. The summed E-state index contributed by atoms with van der Waals surface area (Å²) in [5.41, 5.74) is 0.312. The van der Waals surface area contributed by atoms with Crippen molar-refractivity contribution < 1.29 is 27.5 Å². The molecule has 11 heteroatoms. The molecule has 10 nitrogen and oxygen atoms in total. The van der Waals surface area contributed by atoms with Gasteiger partial charge in [0.2, 0.25) is 11.8 Å². The van der Waals surface area contributed by atoms with Crippen LogP contribution in [-0.4, -0.2) is 66.8 Å². The number of sulfonamides is 1. The fourth-order valence-electron chi connectivity index (χ4n) is 3.97. The lowest BCUT2D eigenvalue weighted by Crippen LogP contribution is -2.56. The Labute approximate surface area is 206 Å². The molecule has 0 unspecified atom stereocenters. The molecule has 0 aromatic heterocycles. The smallest absolute Gasteiger partial charge is 0.409 e. The maximum atomic E-state index is 13.2. The third-order valence-electron chi connectivity index (χ3n) is 6.14. The molecule has 3 rings (SSSR count). The van der Waals surface area contributed by atoms with Crippen LogP contribution in [0.25, 0.3) is 0 Å². The van der Waals surface area contributed by atoms with Gasteiger partial charge in [0.15, 0.2) is 0 Å². The number of amides is 3. The van der Waals surface area contributed by atoms with Crippen molar-refractivity contribution in [2.24, 2.45) is 5.92 Å². The predicted molar refractivity (Wildman–Crippen MR) is 129 cm³/mol. The van der Waals surface area contributed by atoms with Crippen molar-refractivity contribution >= 4 is 27.9 Å². The average molecular weight is 507 g/mol. The van der Waals surface area contributed by atoms with Crippen LogP contribution in [-0.2, 0) is 24.3 Å². The van der Waals surface area contributed by atoms with E-state index in [1.807, 2.05) is 27.7 Å². The molecule has 35 heavy (non-hydrogen) atoms. The lowest BCUT2D eigenvalue weighted by Gasteiger charge is -2.40. The molecule has 2 aliphatic heterocycles. The van der Waals surface area contributed by atoms with Gasteiger partial charge in [0.1, 0.15) is 6.04 Å². The van der Waals surface area contributed by atoms with E-state index in [4.69, 9.17) is 4.74 Å². The van der Waals surface area contributed by atoms with Crippen LogP contribution in [0, 0.1) is 12.8 Å². The van der Waals surface area contributed by atoms with Crippen LogP contribution in [0.5, 0.6) is 0 Å². The van der Waals surface area contributed by atoms with Crippen LogP contribution in [0.4, 0.5) is 4.79 Å². The van der Waals surface area contributed by atoms with Gasteiger partial charge in [0.25, 0.3) is 10.0 Å². The molecule has 3 amide bonds. The fourth-order valence-corrected chi connectivity index (χ4v) is 5.42. The van der Waals surface area contributed by atoms with Crippen LogP contribution in [0.15, 0.2) is 41.6 Å². The molecule has 1 aromatic carbocycles. The highest BCUT2D eigenvalue weighted by Crippen LogP contribution is 2.25. The normalized spacial score (nSPS) is 19.9. The molecule has 0 bridgehead atoms. The van der Waals surface area contributed by atoms with Crippen molar-refractivity contribution in [3.8, 4) is 0 Å². The minimum atomic E-state index is -4.04. The number of ether oxygens (including phenoxy) is 1. The van der Waals surface area contributed by atoms with E-state index in [-0.39, 0.29) is 23.3 Å². The summed E-state index contributed by atoms with van der Waals surface area (Å²) in [6.07, 6.45) is 2.83. The van der Waals surface area contributed by atoms with Crippen LogP contribution in [0.3, 0.4) is 0 Å². The van der Waals surface area contributed by atoms with Crippen LogP contribution >= 0.6 is 0 Å². The number of hydrogen-bond donors (Lipinski definition) is 2. The quantitative estimate of drug-likeness (QED) is 0.584. The summed E-state index contributed by atoms with van der Waals surface area (Å²) >= 11 is 0. The minimum absolute atomic E-state index is 0.0385. The fraction of sp³-hybridized carbons (Fsp3) is 0.542. The molecule has 2 N–H and O–H groups in total. The Balaban J connectivity index is 1.64. The standard InChI is InChI=1S/C24H34N4O6S/c1-17(2)16-34-23(31)27-12-9-24(4,10-13-27)26-21(29)15-20-22(30)25-11-14-28(20)35(32,33)19-7-5-18(3)6-8-19/h5-8,11,14,17,20H,9-10,12-13,15-16H2,1-4H3,(H,25,30)(H,26,29)/t20-/m1/s1. The Bertz CT molecular complexity index is 1080. The number of likely N-dealkylation sites (tertiary alicyclic amines) is 1. The second kappa shape index (κ2) is 10.7. The van der Waals surface area contributed by atoms with E-state index in [2.05, 4.69) is 10.6 Å². The van der Waals surface area contributed by atoms with E-state index in [0.717, 1.165) is 9.87 Å². The first kappa shape index (κ1) is 26.5. The van der Waals surface area contributed by atoms with Gasteiger partial charge >= 0.3 is 6.09 Å². The Morgan fingerprint density at radius 1 is 1.20 bits per heavy atom. The summed E-state index contributed by atoms with van der Waals surface area (Å²) in [5, 5.41) is 5.44. The first-order valence-electron chi connectivity index (χ1n) is 11.7. The number of rotatable bonds is 7. The van der Waals surface area contributed by atoms with Crippen LogP contribution in [0.1, 0.15) is 45.6 Å². The van der Waals surface area contributed by atoms with Gasteiger partial charge < -0.3 is 20.3 Å². The molecule has 0 spiro atoms. The van der Waals surface area contributed by atoms with Gasteiger partial charge in [-0.3, -0.25) is 13.9 Å². The highest BCUT2D eigenvalue weighted by Gasteiger charge is 2.39. The van der Waals surface area contributed by atoms with Crippen molar-refractivity contribution in [2.45, 2.75) is 63.4 Å². The summed E-state index contributed by atoms with van der Waals surface area (Å²) in [5.74, 6) is -0.774. The summed E-state index contributed by atoms with van der Waals surface area (Å²) in [7, 11) is -4.04. The van der Waals surface area contributed by atoms with Gasteiger partial charge in [-0.1, -0.05) is 31.5 Å². The van der Waals surface area contributed by atoms with Gasteiger partial charge in [-0.25, -0.2) is 13.2 Å². The number of carbonyl (C=O) groups excluding carboxylic acids is 3. The highest BCUT2D eigenvalue weighted by molar-refractivity contribution is 7.89. The monoisotopic (exact) mass is 506 g/mol. The second-order valence-electron chi connectivity index (χ2n) is 9.76. The van der Waals surface area contributed by atoms with Crippen molar-refractivity contribution in [1.29, 1.82) is 0 Å². The first-order valence-corrected chi connectivity index (χ1v) is 13.2. The number of carbonyl (C=O) groups is 3. The molecule has 192 valence electrons. The van der Waals surface area contributed by atoms with Crippen molar-refractivity contribution in [3.05, 3.63) is 42.2 Å². The predicted octanol–water partition coefficient (Wildman–Crippen LogP) is 2.11. The Morgan fingerprint density at radius 2 is 1.83 bits per heavy atom. The maximum absolute atomic E-state index is 13.2. The molecule has 0 aliphatic carbocycles. The second-order valence-corrected chi connectivity index (χ2v) is 11.6. The van der Waals surface area contributed by atoms with Crippen molar-refractivity contribution in [2.75, 3.05) is 19.7 Å². The number of piperidine rings is 1. The number of nitrogens with one attached hydrogen (secondary N) is 2. The minimum Gasteiger partial charge on any atom is -0.449 e. The van der Waals surface area contributed by atoms with Crippen LogP contribution in [0.2, 0.25) is 0 Å². The number of hydrogen-bond acceptors (Lipinski definition) is 6.